The van der Waals surface area contributed by atoms with Gasteiger partial charge in [0, 0.05) is 18.0 Å². The summed E-state index contributed by atoms with van der Waals surface area (Å²) in [6.45, 7) is 2.00. The van der Waals surface area contributed by atoms with Gasteiger partial charge in [0.1, 0.15) is 5.69 Å². The Hall–Kier alpha value is -2.56. The van der Waals surface area contributed by atoms with Crippen LogP contribution < -0.4 is 0 Å². The first kappa shape index (κ1) is 10.6. The van der Waals surface area contributed by atoms with E-state index in [2.05, 4.69) is 20.2 Å². The summed E-state index contributed by atoms with van der Waals surface area (Å²) in [5.41, 5.74) is 2.59. The van der Waals surface area contributed by atoms with Gasteiger partial charge in [-0.15, -0.1) is 10.2 Å². The van der Waals surface area contributed by atoms with Crippen molar-refractivity contribution in [1.82, 2.24) is 20.2 Å². The average molecular weight is 238 g/mol. The average Bonchev–Trinajstić information content (AvgIpc) is 2.90. The van der Waals surface area contributed by atoms with Crippen molar-refractivity contribution in [2.75, 3.05) is 0 Å². The molecule has 88 valence electrons. The molecule has 2 aromatic heterocycles. The summed E-state index contributed by atoms with van der Waals surface area (Å²) < 4.78 is 5.61. The minimum atomic E-state index is 0.376. The van der Waals surface area contributed by atoms with Crippen LogP contribution in [0.15, 0.2) is 47.3 Å². The second-order valence-electron chi connectivity index (χ2n) is 3.82. The van der Waals surface area contributed by atoms with E-state index >= 15 is 0 Å². The first-order chi connectivity index (χ1) is 8.84. The Kier molecular flexibility index (Phi) is 2.57. The van der Waals surface area contributed by atoms with E-state index in [0.717, 1.165) is 11.1 Å². The third-order valence-electron chi connectivity index (χ3n) is 2.58. The second-order valence-corrected chi connectivity index (χ2v) is 3.82. The lowest BCUT2D eigenvalue weighted by molar-refractivity contribution is 0.581. The number of hydrogen-bond acceptors (Lipinski definition) is 5. The van der Waals surface area contributed by atoms with Crippen LogP contribution in [0.2, 0.25) is 0 Å². The maximum atomic E-state index is 5.61. The molecule has 0 radical (unpaired) electrons. The van der Waals surface area contributed by atoms with Crippen LogP contribution in [0, 0.1) is 6.92 Å². The van der Waals surface area contributed by atoms with Crippen molar-refractivity contribution in [3.8, 4) is 23.0 Å². The molecule has 5 nitrogen and oxygen atoms in total. The molecule has 3 rings (SSSR count). The lowest BCUT2D eigenvalue weighted by Crippen LogP contribution is -1.83. The number of benzene rings is 1. The molecule has 5 heteroatoms. The van der Waals surface area contributed by atoms with E-state index in [4.69, 9.17) is 4.42 Å². The van der Waals surface area contributed by atoms with E-state index in [0.29, 0.717) is 17.5 Å². The number of hydrogen-bond donors (Lipinski definition) is 0. The van der Waals surface area contributed by atoms with Crippen molar-refractivity contribution in [3.63, 3.8) is 0 Å². The number of aryl methyl sites for hydroxylation is 1. The number of aromatic nitrogens is 4. The first-order valence-electron chi connectivity index (χ1n) is 5.50. The second kappa shape index (κ2) is 4.37. The van der Waals surface area contributed by atoms with Crippen molar-refractivity contribution in [1.29, 1.82) is 0 Å². The van der Waals surface area contributed by atoms with E-state index in [-0.39, 0.29) is 0 Å². The topological polar surface area (TPSA) is 64.7 Å². The van der Waals surface area contributed by atoms with Gasteiger partial charge >= 0.3 is 0 Å². The van der Waals surface area contributed by atoms with E-state index < -0.39 is 0 Å². The Morgan fingerprint density at radius 2 is 1.83 bits per heavy atom. The van der Waals surface area contributed by atoms with Gasteiger partial charge in [-0.3, -0.25) is 4.98 Å². The van der Waals surface area contributed by atoms with Crippen LogP contribution >= 0.6 is 0 Å². The van der Waals surface area contributed by atoms with Crippen LogP contribution in [0.1, 0.15) is 5.56 Å². The predicted octanol–water partition coefficient (Wildman–Crippen LogP) is 2.50. The Bertz CT molecular complexity index is 664. The van der Waals surface area contributed by atoms with Crippen molar-refractivity contribution in [3.05, 3.63) is 48.4 Å². The molecule has 0 saturated carbocycles. The highest BCUT2D eigenvalue weighted by atomic mass is 16.4. The SMILES string of the molecule is Cc1ccccc1-c1nnc(-c2cnccn2)o1. The molecule has 0 spiro atoms. The smallest absolute Gasteiger partial charge is 0.268 e. The summed E-state index contributed by atoms with van der Waals surface area (Å²) in [6, 6.07) is 7.86. The van der Waals surface area contributed by atoms with Gasteiger partial charge in [-0.25, -0.2) is 4.98 Å². The van der Waals surface area contributed by atoms with Crippen molar-refractivity contribution >= 4 is 0 Å². The monoisotopic (exact) mass is 238 g/mol. The summed E-state index contributed by atoms with van der Waals surface area (Å²) in [7, 11) is 0. The lowest BCUT2D eigenvalue weighted by Gasteiger charge is -1.98. The quantitative estimate of drug-likeness (QED) is 0.686. The summed E-state index contributed by atoms with van der Waals surface area (Å²) in [5.74, 6) is 0.870. The molecule has 18 heavy (non-hydrogen) atoms. The molecule has 1 aromatic carbocycles. The summed E-state index contributed by atoms with van der Waals surface area (Å²) in [6.07, 6.45) is 4.78. The van der Waals surface area contributed by atoms with Gasteiger partial charge in [-0.1, -0.05) is 18.2 Å². The van der Waals surface area contributed by atoms with E-state index in [1.165, 1.54) is 0 Å². The van der Waals surface area contributed by atoms with Crippen LogP contribution in [0.5, 0.6) is 0 Å². The van der Waals surface area contributed by atoms with Gasteiger partial charge in [-0.05, 0) is 18.6 Å². The molecule has 0 fully saturated rings. The molecule has 0 aliphatic carbocycles. The standard InChI is InChI=1S/C13H10N4O/c1-9-4-2-3-5-10(9)12-16-17-13(18-12)11-8-14-6-7-15-11/h2-8H,1H3. The Balaban J connectivity index is 2.03. The molecule has 0 bridgehead atoms. The van der Waals surface area contributed by atoms with Gasteiger partial charge in [0.2, 0.25) is 5.89 Å². The molecular formula is C13H10N4O. The summed E-state index contributed by atoms with van der Waals surface area (Å²) in [4.78, 5) is 8.09. The van der Waals surface area contributed by atoms with Crippen LogP contribution in [0.25, 0.3) is 23.0 Å². The summed E-state index contributed by atoms with van der Waals surface area (Å²) in [5, 5.41) is 8.02. The van der Waals surface area contributed by atoms with Gasteiger partial charge in [-0.2, -0.15) is 0 Å². The Morgan fingerprint density at radius 1 is 1.00 bits per heavy atom. The molecule has 0 aliphatic rings. The Labute approximate surface area is 104 Å². The van der Waals surface area contributed by atoms with Gasteiger partial charge < -0.3 is 4.42 Å². The first-order valence-corrected chi connectivity index (χ1v) is 5.50. The van der Waals surface area contributed by atoms with Crippen molar-refractivity contribution < 1.29 is 4.42 Å². The normalized spacial score (nSPS) is 10.5. The van der Waals surface area contributed by atoms with E-state index in [1.54, 1.807) is 18.6 Å². The van der Waals surface area contributed by atoms with Crippen LogP contribution in [-0.4, -0.2) is 20.2 Å². The third-order valence-corrected chi connectivity index (χ3v) is 2.58. The van der Waals surface area contributed by atoms with Crippen molar-refractivity contribution in [2.45, 2.75) is 6.92 Å². The number of nitrogens with zero attached hydrogens (tertiary/aromatic N) is 4. The lowest BCUT2D eigenvalue weighted by atomic mass is 10.1. The maximum Gasteiger partial charge on any atom is 0.268 e. The zero-order valence-electron chi connectivity index (χ0n) is 9.74. The third kappa shape index (κ3) is 1.86. The molecule has 2 heterocycles. The predicted molar refractivity (Wildman–Crippen MR) is 65.5 cm³/mol. The number of rotatable bonds is 2. The molecule has 0 N–H and O–H groups in total. The van der Waals surface area contributed by atoms with Gasteiger partial charge in [0.15, 0.2) is 0 Å². The fraction of sp³-hybridized carbons (Fsp3) is 0.0769. The van der Waals surface area contributed by atoms with Crippen molar-refractivity contribution in [2.24, 2.45) is 0 Å². The fourth-order valence-electron chi connectivity index (χ4n) is 1.66. The van der Waals surface area contributed by atoms with Crippen LogP contribution in [-0.2, 0) is 0 Å². The summed E-state index contributed by atoms with van der Waals surface area (Å²) >= 11 is 0. The zero-order chi connectivity index (χ0) is 12.4. The fourth-order valence-corrected chi connectivity index (χ4v) is 1.66. The van der Waals surface area contributed by atoms with E-state index in [9.17, 15) is 0 Å². The highest BCUT2D eigenvalue weighted by molar-refractivity contribution is 5.59. The Morgan fingerprint density at radius 3 is 2.61 bits per heavy atom. The van der Waals surface area contributed by atoms with Gasteiger partial charge in [0.25, 0.3) is 5.89 Å². The highest BCUT2D eigenvalue weighted by Gasteiger charge is 2.12. The largest absolute Gasteiger partial charge is 0.415 e. The van der Waals surface area contributed by atoms with Gasteiger partial charge in [0.05, 0.1) is 6.20 Å². The minimum Gasteiger partial charge on any atom is -0.415 e. The molecule has 0 aliphatic heterocycles. The molecule has 0 atom stereocenters. The van der Waals surface area contributed by atoms with Crippen LogP contribution in [0.4, 0.5) is 0 Å². The molecule has 0 amide bonds. The highest BCUT2D eigenvalue weighted by Crippen LogP contribution is 2.24. The van der Waals surface area contributed by atoms with E-state index in [1.807, 2.05) is 31.2 Å². The molecule has 0 unspecified atom stereocenters. The maximum absolute atomic E-state index is 5.61. The molecule has 0 saturated heterocycles. The van der Waals surface area contributed by atoms with Crippen LogP contribution in [0.3, 0.4) is 0 Å². The molecule has 3 aromatic rings. The zero-order valence-corrected chi connectivity index (χ0v) is 9.74. The minimum absolute atomic E-state index is 0.376. The molecular weight excluding hydrogens is 228 g/mol.